The lowest BCUT2D eigenvalue weighted by atomic mass is 10.0. The summed E-state index contributed by atoms with van der Waals surface area (Å²) < 4.78 is 68.8. The Bertz CT molecular complexity index is 1610. The van der Waals surface area contributed by atoms with E-state index in [0.29, 0.717) is 28.6 Å². The van der Waals surface area contributed by atoms with Crippen molar-refractivity contribution in [2.24, 2.45) is 0 Å². The van der Waals surface area contributed by atoms with Crippen molar-refractivity contribution in [3.63, 3.8) is 0 Å². The van der Waals surface area contributed by atoms with Gasteiger partial charge in [-0.1, -0.05) is 12.1 Å². The Balaban J connectivity index is 1.59. The quantitative estimate of drug-likeness (QED) is 0.402. The first-order chi connectivity index (χ1) is 17.5. The maximum Gasteiger partial charge on any atom is 0.387 e. The second kappa shape index (κ2) is 9.18. The number of carbonyl (C=O) groups excluding carboxylic acids is 1. The molecule has 192 valence electrons. The third-order valence-corrected chi connectivity index (χ3v) is 8.03. The molecule has 1 fully saturated rings. The Kier molecular flexibility index (Phi) is 6.14. The largest absolute Gasteiger partial charge is 0.435 e. The molecule has 1 atom stereocenters. The highest BCUT2D eigenvalue weighted by Crippen LogP contribution is 2.33. The molecule has 5 rings (SSSR count). The van der Waals surface area contributed by atoms with Gasteiger partial charge in [-0.3, -0.25) is 4.79 Å². The number of amides is 1. The van der Waals surface area contributed by atoms with Crippen molar-refractivity contribution in [1.82, 2.24) is 20.1 Å². The number of carbonyl (C=O) groups is 1. The minimum absolute atomic E-state index is 0.00349. The van der Waals surface area contributed by atoms with Gasteiger partial charge in [0.15, 0.2) is 15.7 Å². The van der Waals surface area contributed by atoms with Crippen LogP contribution < -0.4 is 10.1 Å². The topological polar surface area (TPSA) is 103 Å². The van der Waals surface area contributed by atoms with Gasteiger partial charge in [-0.2, -0.15) is 13.9 Å². The van der Waals surface area contributed by atoms with Gasteiger partial charge < -0.3 is 10.1 Å². The number of nitrogens with zero attached hydrogens (tertiary/aromatic N) is 3. The zero-order valence-electron chi connectivity index (χ0n) is 19.5. The van der Waals surface area contributed by atoms with Gasteiger partial charge in [0, 0.05) is 16.5 Å². The van der Waals surface area contributed by atoms with Crippen LogP contribution in [0.15, 0.2) is 60.8 Å². The highest BCUT2D eigenvalue weighted by atomic mass is 32.2. The zero-order valence-corrected chi connectivity index (χ0v) is 20.3. The standard InChI is InChI=1S/C25H21F3N4O4S/c1-25(9-10-37(34,35)14-25)30-23(33)16-5-7-19-20(12-16)32(21-8-6-17(26)13-29-21)31-22(19)15-3-2-4-18(11-15)36-24(27)28/h2-8,11-13,24H,9-10,14H2,1H3,(H,30,33)/t25-/m1/s1. The van der Waals surface area contributed by atoms with Crippen LogP contribution in [0.25, 0.3) is 28.0 Å². The summed E-state index contributed by atoms with van der Waals surface area (Å²) in [4.78, 5) is 17.2. The Morgan fingerprint density at radius 1 is 1.16 bits per heavy atom. The average molecular weight is 531 g/mol. The molecule has 0 saturated carbocycles. The zero-order chi connectivity index (χ0) is 26.4. The van der Waals surface area contributed by atoms with Crippen molar-refractivity contribution in [1.29, 1.82) is 0 Å². The lowest BCUT2D eigenvalue weighted by Gasteiger charge is -2.23. The molecule has 1 amide bonds. The van der Waals surface area contributed by atoms with Gasteiger partial charge in [-0.25, -0.2) is 22.5 Å². The second-order valence-corrected chi connectivity index (χ2v) is 11.3. The summed E-state index contributed by atoms with van der Waals surface area (Å²) in [6.07, 6.45) is 1.33. The van der Waals surface area contributed by atoms with Gasteiger partial charge in [0.2, 0.25) is 0 Å². The van der Waals surface area contributed by atoms with Crippen LogP contribution in [0.3, 0.4) is 0 Å². The van der Waals surface area contributed by atoms with Crippen molar-refractivity contribution >= 4 is 26.6 Å². The molecule has 8 nitrogen and oxygen atoms in total. The summed E-state index contributed by atoms with van der Waals surface area (Å²) in [6.45, 7) is -1.31. The van der Waals surface area contributed by atoms with Gasteiger partial charge in [0.05, 0.1) is 28.8 Å². The fraction of sp³-hybridized carbons (Fsp3) is 0.240. The van der Waals surface area contributed by atoms with Crippen molar-refractivity contribution < 1.29 is 31.1 Å². The van der Waals surface area contributed by atoms with Gasteiger partial charge in [0.25, 0.3) is 5.91 Å². The van der Waals surface area contributed by atoms with E-state index in [1.807, 2.05) is 0 Å². The number of halogens is 3. The van der Waals surface area contributed by atoms with Crippen molar-refractivity contribution in [3.8, 4) is 22.8 Å². The number of hydrogen-bond donors (Lipinski definition) is 1. The van der Waals surface area contributed by atoms with E-state index >= 15 is 0 Å². The van der Waals surface area contributed by atoms with E-state index in [1.165, 1.54) is 28.9 Å². The molecular formula is C25H21F3N4O4S. The van der Waals surface area contributed by atoms with Crippen LogP contribution in [0.2, 0.25) is 0 Å². The maximum atomic E-state index is 13.5. The molecular weight excluding hydrogens is 509 g/mol. The van der Waals surface area contributed by atoms with E-state index < -0.39 is 33.7 Å². The molecule has 0 radical (unpaired) electrons. The van der Waals surface area contributed by atoms with Gasteiger partial charge >= 0.3 is 6.61 Å². The molecule has 1 aliphatic rings. The summed E-state index contributed by atoms with van der Waals surface area (Å²) in [5, 5.41) is 7.99. The van der Waals surface area contributed by atoms with Crippen LogP contribution in [-0.4, -0.2) is 52.7 Å². The van der Waals surface area contributed by atoms with Crippen LogP contribution in [0.5, 0.6) is 5.75 Å². The molecule has 1 N–H and O–H groups in total. The first kappa shape index (κ1) is 24.8. The highest BCUT2D eigenvalue weighted by Gasteiger charge is 2.39. The number of nitrogens with one attached hydrogen (secondary N) is 1. The molecule has 0 aliphatic carbocycles. The molecule has 3 heterocycles. The van der Waals surface area contributed by atoms with Crippen LogP contribution in [0, 0.1) is 5.82 Å². The van der Waals surface area contributed by atoms with Crippen LogP contribution >= 0.6 is 0 Å². The summed E-state index contributed by atoms with van der Waals surface area (Å²) in [7, 11) is -3.23. The molecule has 12 heteroatoms. The lowest BCUT2D eigenvalue weighted by molar-refractivity contribution is -0.0498. The number of hydrogen-bond acceptors (Lipinski definition) is 6. The van der Waals surface area contributed by atoms with Crippen molar-refractivity contribution in [2.75, 3.05) is 11.5 Å². The molecule has 2 aromatic heterocycles. The van der Waals surface area contributed by atoms with Gasteiger partial charge in [0.1, 0.15) is 17.3 Å². The highest BCUT2D eigenvalue weighted by molar-refractivity contribution is 7.91. The second-order valence-electron chi connectivity index (χ2n) is 9.09. The van der Waals surface area contributed by atoms with Crippen molar-refractivity contribution in [2.45, 2.75) is 25.5 Å². The molecule has 1 saturated heterocycles. The van der Waals surface area contributed by atoms with Gasteiger partial charge in [-0.05, 0) is 55.8 Å². The van der Waals surface area contributed by atoms with E-state index in [-0.39, 0.29) is 28.6 Å². The van der Waals surface area contributed by atoms with E-state index in [9.17, 15) is 26.4 Å². The number of alkyl halides is 2. The minimum atomic E-state index is -3.23. The Hall–Kier alpha value is -3.93. The fourth-order valence-corrected chi connectivity index (χ4v) is 6.51. The first-order valence-corrected chi connectivity index (χ1v) is 13.1. The van der Waals surface area contributed by atoms with Crippen LogP contribution in [0.4, 0.5) is 13.2 Å². The molecule has 0 spiro atoms. The van der Waals surface area contributed by atoms with Crippen molar-refractivity contribution in [3.05, 3.63) is 72.2 Å². The average Bonchev–Trinajstić information content (AvgIpc) is 3.35. The predicted molar refractivity (Wildman–Crippen MR) is 130 cm³/mol. The molecule has 4 aromatic rings. The summed E-state index contributed by atoms with van der Waals surface area (Å²) in [5.74, 6) is -0.932. The lowest BCUT2D eigenvalue weighted by Crippen LogP contribution is -2.46. The summed E-state index contributed by atoms with van der Waals surface area (Å²) in [5.41, 5.74) is 0.695. The Labute approximate surface area is 210 Å². The number of aromatic nitrogens is 3. The number of pyridine rings is 1. The first-order valence-electron chi connectivity index (χ1n) is 11.2. The molecule has 0 unspecified atom stereocenters. The minimum Gasteiger partial charge on any atom is -0.435 e. The van der Waals surface area contributed by atoms with Crippen LogP contribution in [-0.2, 0) is 9.84 Å². The summed E-state index contributed by atoms with van der Waals surface area (Å²) >= 11 is 0. The predicted octanol–water partition coefficient (Wildman–Crippen LogP) is 4.14. The number of benzene rings is 2. The number of fused-ring (bicyclic) bond motifs is 1. The van der Waals surface area contributed by atoms with E-state index in [1.54, 1.807) is 37.3 Å². The van der Waals surface area contributed by atoms with E-state index in [4.69, 9.17) is 0 Å². The van der Waals surface area contributed by atoms with Crippen LogP contribution in [0.1, 0.15) is 23.7 Å². The monoisotopic (exact) mass is 530 g/mol. The Morgan fingerprint density at radius 3 is 2.65 bits per heavy atom. The smallest absolute Gasteiger partial charge is 0.387 e. The molecule has 1 aliphatic heterocycles. The molecule has 2 aromatic carbocycles. The van der Waals surface area contributed by atoms with E-state index in [2.05, 4.69) is 20.1 Å². The third-order valence-electron chi connectivity index (χ3n) is 6.12. The fourth-order valence-electron chi connectivity index (χ4n) is 4.41. The van der Waals surface area contributed by atoms with E-state index in [0.717, 1.165) is 6.20 Å². The third kappa shape index (κ3) is 5.15. The number of rotatable bonds is 6. The Morgan fingerprint density at radius 2 is 1.97 bits per heavy atom. The summed E-state index contributed by atoms with van der Waals surface area (Å²) in [6, 6.07) is 13.4. The molecule has 0 bridgehead atoms. The van der Waals surface area contributed by atoms with Gasteiger partial charge in [-0.15, -0.1) is 0 Å². The number of ether oxygens (including phenoxy) is 1. The molecule has 37 heavy (non-hydrogen) atoms. The normalized spacial score (nSPS) is 18.8. The number of sulfone groups is 1. The SMILES string of the molecule is C[C@@]1(NC(=O)c2ccc3c(-c4cccc(OC(F)F)c4)nn(-c4ccc(F)cn4)c3c2)CCS(=O)(=O)C1. The maximum absolute atomic E-state index is 13.5.